The van der Waals surface area contributed by atoms with Crippen LogP contribution in [0.4, 0.5) is 0 Å². The number of rotatable bonds is 5. The molecule has 2 aromatic rings. The van der Waals surface area contributed by atoms with E-state index in [1.165, 1.54) is 11.9 Å². The quantitative estimate of drug-likeness (QED) is 0.875. The SMILES string of the molecule is COc1ccc([C@@H](C)NCc2cncnc2)cc1. The number of ether oxygens (including phenoxy) is 1. The van der Waals surface area contributed by atoms with Crippen molar-refractivity contribution in [2.75, 3.05) is 7.11 Å². The largest absolute Gasteiger partial charge is 0.497 e. The van der Waals surface area contributed by atoms with Crippen LogP contribution in [0.3, 0.4) is 0 Å². The molecular weight excluding hydrogens is 226 g/mol. The van der Waals surface area contributed by atoms with E-state index in [1.54, 1.807) is 7.11 Å². The molecule has 0 saturated carbocycles. The minimum atomic E-state index is 0.274. The predicted molar refractivity (Wildman–Crippen MR) is 70.3 cm³/mol. The van der Waals surface area contributed by atoms with Crippen LogP contribution < -0.4 is 10.1 Å². The van der Waals surface area contributed by atoms with Gasteiger partial charge in [-0.1, -0.05) is 12.1 Å². The summed E-state index contributed by atoms with van der Waals surface area (Å²) in [6.45, 7) is 2.89. The van der Waals surface area contributed by atoms with Crippen molar-refractivity contribution in [3.63, 3.8) is 0 Å². The van der Waals surface area contributed by atoms with Gasteiger partial charge in [0.2, 0.25) is 0 Å². The number of nitrogens with one attached hydrogen (secondary N) is 1. The fraction of sp³-hybridized carbons (Fsp3) is 0.286. The molecule has 0 aliphatic carbocycles. The lowest BCUT2D eigenvalue weighted by Crippen LogP contribution is -2.18. The fourth-order valence-electron chi connectivity index (χ4n) is 1.70. The van der Waals surface area contributed by atoms with Crippen LogP contribution in [-0.4, -0.2) is 17.1 Å². The van der Waals surface area contributed by atoms with Crippen molar-refractivity contribution < 1.29 is 4.74 Å². The van der Waals surface area contributed by atoms with E-state index in [-0.39, 0.29) is 6.04 Å². The topological polar surface area (TPSA) is 47.0 Å². The first-order chi connectivity index (χ1) is 8.79. The molecule has 2 rings (SSSR count). The molecule has 0 saturated heterocycles. The first-order valence-electron chi connectivity index (χ1n) is 5.91. The average molecular weight is 243 g/mol. The Morgan fingerprint density at radius 3 is 2.44 bits per heavy atom. The smallest absolute Gasteiger partial charge is 0.118 e. The third-order valence-electron chi connectivity index (χ3n) is 2.84. The van der Waals surface area contributed by atoms with E-state index in [0.717, 1.165) is 17.9 Å². The van der Waals surface area contributed by atoms with Gasteiger partial charge in [0, 0.05) is 30.5 Å². The van der Waals surface area contributed by atoms with Crippen LogP contribution in [0.5, 0.6) is 5.75 Å². The molecule has 0 aliphatic rings. The van der Waals surface area contributed by atoms with Crippen molar-refractivity contribution >= 4 is 0 Å². The van der Waals surface area contributed by atoms with E-state index in [2.05, 4.69) is 34.3 Å². The lowest BCUT2D eigenvalue weighted by molar-refractivity contribution is 0.414. The molecule has 1 heterocycles. The van der Waals surface area contributed by atoms with E-state index in [4.69, 9.17) is 4.74 Å². The Balaban J connectivity index is 1.93. The standard InChI is InChI=1S/C14H17N3O/c1-11(13-3-5-14(18-2)6-4-13)17-9-12-7-15-10-16-8-12/h3-8,10-11,17H,9H2,1-2H3/t11-/m1/s1. The zero-order valence-corrected chi connectivity index (χ0v) is 10.6. The Morgan fingerprint density at radius 1 is 1.17 bits per heavy atom. The number of methoxy groups -OCH3 is 1. The summed E-state index contributed by atoms with van der Waals surface area (Å²) in [5, 5.41) is 3.43. The summed E-state index contributed by atoms with van der Waals surface area (Å²) < 4.78 is 5.14. The third-order valence-corrected chi connectivity index (χ3v) is 2.84. The van der Waals surface area contributed by atoms with Gasteiger partial charge in [-0.15, -0.1) is 0 Å². The summed E-state index contributed by atoms with van der Waals surface area (Å²) in [6, 6.07) is 8.35. The number of aromatic nitrogens is 2. The highest BCUT2D eigenvalue weighted by molar-refractivity contribution is 5.28. The van der Waals surface area contributed by atoms with Crippen molar-refractivity contribution in [3.8, 4) is 5.75 Å². The van der Waals surface area contributed by atoms with Gasteiger partial charge in [-0.3, -0.25) is 0 Å². The molecule has 4 heteroatoms. The molecule has 0 radical (unpaired) electrons. The van der Waals surface area contributed by atoms with Gasteiger partial charge >= 0.3 is 0 Å². The number of hydrogen-bond donors (Lipinski definition) is 1. The monoisotopic (exact) mass is 243 g/mol. The Bertz CT molecular complexity index is 470. The van der Waals surface area contributed by atoms with E-state index >= 15 is 0 Å². The summed E-state index contributed by atoms with van der Waals surface area (Å²) in [5.74, 6) is 0.877. The van der Waals surface area contributed by atoms with Crippen molar-refractivity contribution in [1.82, 2.24) is 15.3 Å². The van der Waals surface area contributed by atoms with E-state index in [0.29, 0.717) is 0 Å². The van der Waals surface area contributed by atoms with E-state index in [9.17, 15) is 0 Å². The van der Waals surface area contributed by atoms with Gasteiger partial charge in [0.05, 0.1) is 7.11 Å². The molecule has 0 spiro atoms. The third kappa shape index (κ3) is 3.28. The predicted octanol–water partition coefficient (Wildman–Crippen LogP) is 2.34. The van der Waals surface area contributed by atoms with Gasteiger partial charge < -0.3 is 10.1 Å². The van der Waals surface area contributed by atoms with Gasteiger partial charge in [-0.25, -0.2) is 9.97 Å². The molecular formula is C14H17N3O. The summed E-state index contributed by atoms with van der Waals surface area (Å²) in [5.41, 5.74) is 2.31. The highest BCUT2D eigenvalue weighted by Crippen LogP contribution is 2.17. The minimum Gasteiger partial charge on any atom is -0.497 e. The Kier molecular flexibility index (Phi) is 4.25. The molecule has 0 bridgehead atoms. The average Bonchev–Trinajstić information content (AvgIpc) is 2.46. The normalized spacial score (nSPS) is 12.1. The maximum Gasteiger partial charge on any atom is 0.118 e. The molecule has 1 aromatic heterocycles. The minimum absolute atomic E-state index is 0.274. The van der Waals surface area contributed by atoms with Gasteiger partial charge in [0.1, 0.15) is 12.1 Å². The van der Waals surface area contributed by atoms with Crippen LogP contribution in [-0.2, 0) is 6.54 Å². The Labute approximate surface area is 107 Å². The van der Waals surface area contributed by atoms with E-state index < -0.39 is 0 Å². The summed E-state index contributed by atoms with van der Waals surface area (Å²) in [6.07, 6.45) is 5.18. The number of benzene rings is 1. The Morgan fingerprint density at radius 2 is 1.83 bits per heavy atom. The number of hydrogen-bond acceptors (Lipinski definition) is 4. The second kappa shape index (κ2) is 6.12. The molecule has 0 unspecified atom stereocenters. The molecule has 0 fully saturated rings. The van der Waals surface area contributed by atoms with Crippen LogP contribution in [0, 0.1) is 0 Å². The van der Waals surface area contributed by atoms with Crippen molar-refractivity contribution in [2.24, 2.45) is 0 Å². The molecule has 1 aromatic carbocycles. The summed E-state index contributed by atoms with van der Waals surface area (Å²) in [7, 11) is 1.67. The maximum absolute atomic E-state index is 5.14. The lowest BCUT2D eigenvalue weighted by Gasteiger charge is -2.14. The summed E-state index contributed by atoms with van der Waals surface area (Å²) >= 11 is 0. The molecule has 0 amide bonds. The number of nitrogens with zero attached hydrogens (tertiary/aromatic N) is 2. The molecule has 1 atom stereocenters. The highest BCUT2D eigenvalue weighted by Gasteiger charge is 2.05. The first-order valence-corrected chi connectivity index (χ1v) is 5.91. The second-order valence-corrected chi connectivity index (χ2v) is 4.12. The van der Waals surface area contributed by atoms with Gasteiger partial charge in [0.15, 0.2) is 0 Å². The molecule has 94 valence electrons. The van der Waals surface area contributed by atoms with Crippen molar-refractivity contribution in [2.45, 2.75) is 19.5 Å². The van der Waals surface area contributed by atoms with Gasteiger partial charge in [-0.2, -0.15) is 0 Å². The Hall–Kier alpha value is -1.94. The molecule has 18 heavy (non-hydrogen) atoms. The van der Waals surface area contributed by atoms with Gasteiger partial charge in [0.25, 0.3) is 0 Å². The first kappa shape index (κ1) is 12.5. The second-order valence-electron chi connectivity index (χ2n) is 4.12. The van der Waals surface area contributed by atoms with Crippen LogP contribution in [0.1, 0.15) is 24.1 Å². The summed E-state index contributed by atoms with van der Waals surface area (Å²) in [4.78, 5) is 7.98. The fourth-order valence-corrected chi connectivity index (χ4v) is 1.70. The van der Waals surface area contributed by atoms with Gasteiger partial charge in [-0.05, 0) is 24.6 Å². The van der Waals surface area contributed by atoms with Crippen molar-refractivity contribution in [1.29, 1.82) is 0 Å². The molecule has 4 nitrogen and oxygen atoms in total. The van der Waals surface area contributed by atoms with Crippen LogP contribution in [0.25, 0.3) is 0 Å². The zero-order chi connectivity index (χ0) is 12.8. The van der Waals surface area contributed by atoms with Crippen molar-refractivity contribution in [3.05, 3.63) is 54.1 Å². The lowest BCUT2D eigenvalue weighted by atomic mass is 10.1. The maximum atomic E-state index is 5.14. The molecule has 1 N–H and O–H groups in total. The molecule has 0 aliphatic heterocycles. The highest BCUT2D eigenvalue weighted by atomic mass is 16.5. The van der Waals surface area contributed by atoms with Crippen LogP contribution in [0.15, 0.2) is 43.0 Å². The van der Waals surface area contributed by atoms with Crippen LogP contribution >= 0.6 is 0 Å². The zero-order valence-electron chi connectivity index (χ0n) is 10.6. The van der Waals surface area contributed by atoms with Crippen LogP contribution in [0.2, 0.25) is 0 Å². The van der Waals surface area contributed by atoms with E-state index in [1.807, 2.05) is 24.5 Å².